The van der Waals surface area contributed by atoms with Gasteiger partial charge < -0.3 is 14.4 Å². The lowest BCUT2D eigenvalue weighted by atomic mass is 9.95. The molecule has 1 heterocycles. The van der Waals surface area contributed by atoms with Gasteiger partial charge in [0.2, 0.25) is 0 Å². The van der Waals surface area contributed by atoms with Crippen molar-refractivity contribution in [2.24, 2.45) is 5.92 Å². The number of benzene rings is 1. The van der Waals surface area contributed by atoms with E-state index in [0.717, 1.165) is 24.7 Å². The molecule has 0 aliphatic carbocycles. The summed E-state index contributed by atoms with van der Waals surface area (Å²) in [6.07, 6.45) is 2.12. The monoisotopic (exact) mass is 295 g/mol. The SMILES string of the molecule is O=C[C@@H](Cl)[C@@H]1CCCN(C(=O)OCc2ccccc2)C1. The van der Waals surface area contributed by atoms with Gasteiger partial charge >= 0.3 is 6.09 Å². The highest BCUT2D eigenvalue weighted by molar-refractivity contribution is 6.27. The third-order valence-corrected chi connectivity index (χ3v) is 3.96. The zero-order valence-electron chi connectivity index (χ0n) is 11.2. The van der Waals surface area contributed by atoms with E-state index >= 15 is 0 Å². The van der Waals surface area contributed by atoms with Crippen molar-refractivity contribution in [3.8, 4) is 0 Å². The Kier molecular flexibility index (Phi) is 5.41. The molecule has 1 saturated heterocycles. The maximum absolute atomic E-state index is 12.0. The highest BCUT2D eigenvalue weighted by Gasteiger charge is 2.28. The molecule has 108 valence electrons. The summed E-state index contributed by atoms with van der Waals surface area (Å²) < 4.78 is 5.28. The van der Waals surface area contributed by atoms with Crippen LogP contribution >= 0.6 is 11.6 Å². The molecule has 1 aromatic carbocycles. The lowest BCUT2D eigenvalue weighted by molar-refractivity contribution is -0.108. The number of likely N-dealkylation sites (tertiary alicyclic amines) is 1. The molecule has 20 heavy (non-hydrogen) atoms. The summed E-state index contributed by atoms with van der Waals surface area (Å²) in [6, 6.07) is 9.55. The number of carbonyl (C=O) groups excluding carboxylic acids is 2. The number of hydrogen-bond donors (Lipinski definition) is 0. The number of hydrogen-bond acceptors (Lipinski definition) is 3. The van der Waals surface area contributed by atoms with Crippen LogP contribution < -0.4 is 0 Å². The summed E-state index contributed by atoms with van der Waals surface area (Å²) in [4.78, 5) is 24.4. The number of rotatable bonds is 4. The van der Waals surface area contributed by atoms with E-state index in [1.165, 1.54) is 0 Å². The Labute approximate surface area is 123 Å². The fourth-order valence-electron chi connectivity index (χ4n) is 2.36. The van der Waals surface area contributed by atoms with Crippen LogP contribution in [0.4, 0.5) is 4.79 Å². The van der Waals surface area contributed by atoms with Gasteiger partial charge in [0.25, 0.3) is 0 Å². The van der Waals surface area contributed by atoms with Gasteiger partial charge in [-0.25, -0.2) is 4.79 Å². The van der Waals surface area contributed by atoms with Crippen LogP contribution in [0.15, 0.2) is 30.3 Å². The second-order valence-corrected chi connectivity index (χ2v) is 5.47. The van der Waals surface area contributed by atoms with Gasteiger partial charge in [0.1, 0.15) is 12.9 Å². The molecule has 1 amide bonds. The Morgan fingerprint density at radius 3 is 2.90 bits per heavy atom. The van der Waals surface area contributed by atoms with E-state index in [0.29, 0.717) is 13.1 Å². The first kappa shape index (κ1) is 14.9. The highest BCUT2D eigenvalue weighted by Crippen LogP contribution is 2.22. The Bertz CT molecular complexity index is 452. The molecular weight excluding hydrogens is 278 g/mol. The zero-order valence-corrected chi connectivity index (χ0v) is 12.0. The van der Waals surface area contributed by atoms with Crippen LogP contribution in [-0.4, -0.2) is 35.7 Å². The van der Waals surface area contributed by atoms with E-state index in [4.69, 9.17) is 16.3 Å². The van der Waals surface area contributed by atoms with Gasteiger partial charge in [-0.05, 0) is 24.3 Å². The molecule has 1 aliphatic heterocycles. The van der Waals surface area contributed by atoms with Crippen molar-refractivity contribution < 1.29 is 14.3 Å². The minimum atomic E-state index is -0.528. The number of carbonyl (C=O) groups is 2. The molecule has 0 saturated carbocycles. The number of amides is 1. The molecule has 0 spiro atoms. The minimum absolute atomic E-state index is 0.0205. The minimum Gasteiger partial charge on any atom is -0.445 e. The van der Waals surface area contributed by atoms with Gasteiger partial charge in [-0.3, -0.25) is 0 Å². The first-order valence-corrected chi connectivity index (χ1v) is 7.19. The third kappa shape index (κ3) is 3.97. The standard InChI is InChI=1S/C15H18ClNO3/c16-14(10-18)13-7-4-8-17(9-13)15(19)20-11-12-5-2-1-3-6-12/h1-3,5-6,10,13-14H,4,7-9,11H2/t13-,14-/m1/s1. The van der Waals surface area contributed by atoms with Crippen LogP contribution in [0.2, 0.25) is 0 Å². The number of piperidine rings is 1. The van der Waals surface area contributed by atoms with Crippen LogP contribution in [0.3, 0.4) is 0 Å². The van der Waals surface area contributed by atoms with Crippen molar-refractivity contribution >= 4 is 24.0 Å². The van der Waals surface area contributed by atoms with Gasteiger partial charge in [0.15, 0.2) is 0 Å². The first-order valence-electron chi connectivity index (χ1n) is 6.75. The van der Waals surface area contributed by atoms with Crippen LogP contribution in [-0.2, 0) is 16.1 Å². The molecule has 0 N–H and O–H groups in total. The Hall–Kier alpha value is -1.55. The maximum atomic E-state index is 12.0. The maximum Gasteiger partial charge on any atom is 0.410 e. The Morgan fingerprint density at radius 1 is 1.45 bits per heavy atom. The molecule has 0 radical (unpaired) electrons. The molecule has 1 aromatic rings. The van der Waals surface area contributed by atoms with Crippen molar-refractivity contribution in [3.63, 3.8) is 0 Å². The largest absolute Gasteiger partial charge is 0.445 e. The first-order chi connectivity index (χ1) is 9.70. The molecule has 0 aromatic heterocycles. The van der Waals surface area contributed by atoms with Crippen molar-refractivity contribution in [3.05, 3.63) is 35.9 Å². The fourth-order valence-corrected chi connectivity index (χ4v) is 2.56. The second kappa shape index (κ2) is 7.29. The predicted octanol–water partition coefficient (Wildman–Crippen LogP) is 2.84. The normalized spacial score (nSPS) is 20.2. The number of aldehydes is 1. The molecule has 5 heteroatoms. The predicted molar refractivity (Wildman–Crippen MR) is 76.6 cm³/mol. The Morgan fingerprint density at radius 2 is 2.20 bits per heavy atom. The summed E-state index contributed by atoms with van der Waals surface area (Å²) in [5.41, 5.74) is 0.956. The van der Waals surface area contributed by atoms with Gasteiger partial charge in [-0.2, -0.15) is 0 Å². The molecule has 0 bridgehead atoms. The van der Waals surface area contributed by atoms with E-state index in [1.54, 1.807) is 4.90 Å². The topological polar surface area (TPSA) is 46.6 Å². The number of alkyl halides is 1. The van der Waals surface area contributed by atoms with E-state index in [2.05, 4.69) is 0 Å². The number of ether oxygens (including phenoxy) is 1. The lowest BCUT2D eigenvalue weighted by Crippen LogP contribution is -2.43. The van der Waals surface area contributed by atoms with Gasteiger partial charge in [-0.1, -0.05) is 30.3 Å². The zero-order chi connectivity index (χ0) is 14.4. The van der Waals surface area contributed by atoms with E-state index in [1.807, 2.05) is 30.3 Å². The lowest BCUT2D eigenvalue weighted by Gasteiger charge is -2.32. The molecule has 2 rings (SSSR count). The number of nitrogens with zero attached hydrogens (tertiary/aromatic N) is 1. The second-order valence-electron chi connectivity index (χ2n) is 4.97. The van der Waals surface area contributed by atoms with E-state index < -0.39 is 5.38 Å². The fraction of sp³-hybridized carbons (Fsp3) is 0.467. The van der Waals surface area contributed by atoms with Crippen molar-refractivity contribution in [1.82, 2.24) is 4.90 Å². The molecular formula is C15H18ClNO3. The Balaban J connectivity index is 1.84. The molecule has 2 atom stereocenters. The number of halogens is 1. The summed E-state index contributed by atoms with van der Waals surface area (Å²) >= 11 is 5.94. The van der Waals surface area contributed by atoms with Crippen molar-refractivity contribution in [2.45, 2.75) is 24.8 Å². The summed E-state index contributed by atoms with van der Waals surface area (Å²) in [5.74, 6) is 0.0205. The van der Waals surface area contributed by atoms with Crippen LogP contribution in [0.1, 0.15) is 18.4 Å². The highest BCUT2D eigenvalue weighted by atomic mass is 35.5. The van der Waals surface area contributed by atoms with Crippen molar-refractivity contribution in [1.29, 1.82) is 0 Å². The molecule has 0 unspecified atom stereocenters. The van der Waals surface area contributed by atoms with Crippen LogP contribution in [0.25, 0.3) is 0 Å². The average Bonchev–Trinajstić information content (AvgIpc) is 2.53. The molecule has 1 fully saturated rings. The third-order valence-electron chi connectivity index (χ3n) is 3.50. The van der Waals surface area contributed by atoms with E-state index in [-0.39, 0.29) is 18.6 Å². The quantitative estimate of drug-likeness (QED) is 0.634. The van der Waals surface area contributed by atoms with E-state index in [9.17, 15) is 9.59 Å². The van der Waals surface area contributed by atoms with Crippen LogP contribution in [0.5, 0.6) is 0 Å². The summed E-state index contributed by atoms with van der Waals surface area (Å²) in [7, 11) is 0. The average molecular weight is 296 g/mol. The smallest absolute Gasteiger partial charge is 0.410 e. The molecule has 1 aliphatic rings. The molecule has 4 nitrogen and oxygen atoms in total. The van der Waals surface area contributed by atoms with Gasteiger partial charge in [0, 0.05) is 13.1 Å². The van der Waals surface area contributed by atoms with Gasteiger partial charge in [-0.15, -0.1) is 11.6 Å². The summed E-state index contributed by atoms with van der Waals surface area (Å²) in [5, 5.41) is -0.528. The summed E-state index contributed by atoms with van der Waals surface area (Å²) in [6.45, 7) is 1.41. The van der Waals surface area contributed by atoms with Crippen LogP contribution in [0, 0.1) is 5.92 Å². The van der Waals surface area contributed by atoms with Gasteiger partial charge in [0.05, 0.1) is 5.38 Å². The van der Waals surface area contributed by atoms with Crippen molar-refractivity contribution in [2.75, 3.05) is 13.1 Å².